The van der Waals surface area contributed by atoms with Gasteiger partial charge in [-0.2, -0.15) is 0 Å². The van der Waals surface area contributed by atoms with E-state index in [-0.39, 0.29) is 5.56 Å². The van der Waals surface area contributed by atoms with Gasteiger partial charge in [0, 0.05) is 0 Å². The quantitative estimate of drug-likeness (QED) is 0.637. The maximum absolute atomic E-state index is 12.2. The Labute approximate surface area is 159 Å². The lowest BCUT2D eigenvalue weighted by Crippen LogP contribution is -2.11. The van der Waals surface area contributed by atoms with E-state index in [1.165, 1.54) is 0 Å². The number of aromatic amines is 1. The molecule has 1 N–H and O–H groups in total. The van der Waals surface area contributed by atoms with E-state index in [9.17, 15) is 4.79 Å². The summed E-state index contributed by atoms with van der Waals surface area (Å²) in [5.41, 5.74) is 2.45. The number of rotatable bonds is 6. The van der Waals surface area contributed by atoms with Gasteiger partial charge >= 0.3 is 0 Å². The molecule has 3 aromatic rings. The van der Waals surface area contributed by atoms with Crippen molar-refractivity contribution in [2.45, 2.75) is 13.3 Å². The lowest BCUT2D eigenvalue weighted by molar-refractivity contribution is 0.292. The number of H-pyrrole nitrogens is 1. The highest BCUT2D eigenvalue weighted by atomic mass is 79.9. The van der Waals surface area contributed by atoms with Gasteiger partial charge in [0.15, 0.2) is 11.5 Å². The summed E-state index contributed by atoms with van der Waals surface area (Å²) in [6, 6.07) is 11.2. The first-order valence-electron chi connectivity index (χ1n) is 8.30. The van der Waals surface area contributed by atoms with Gasteiger partial charge in [0.2, 0.25) is 0 Å². The first kappa shape index (κ1) is 18.2. The van der Waals surface area contributed by atoms with Crippen LogP contribution in [0.3, 0.4) is 0 Å². The van der Waals surface area contributed by atoms with Crippen LogP contribution in [0.1, 0.15) is 24.6 Å². The zero-order valence-electron chi connectivity index (χ0n) is 14.6. The van der Waals surface area contributed by atoms with Gasteiger partial charge < -0.3 is 14.5 Å². The van der Waals surface area contributed by atoms with E-state index in [4.69, 9.17) is 9.47 Å². The molecule has 0 unspecified atom stereocenters. The number of hydrogen-bond acceptors (Lipinski definition) is 4. The number of hydrogen-bond donors (Lipinski definition) is 1. The second kappa shape index (κ2) is 8.19. The minimum Gasteiger partial charge on any atom is -0.493 e. The highest BCUT2D eigenvalue weighted by Crippen LogP contribution is 2.37. The van der Waals surface area contributed by atoms with Crippen LogP contribution in [-0.2, 0) is 0 Å². The second-order valence-corrected chi connectivity index (χ2v) is 6.54. The van der Waals surface area contributed by atoms with Crippen LogP contribution < -0.4 is 15.0 Å². The van der Waals surface area contributed by atoms with E-state index in [1.807, 2.05) is 49.4 Å². The molecule has 0 atom stereocenters. The molecule has 134 valence electrons. The average molecular weight is 415 g/mol. The summed E-state index contributed by atoms with van der Waals surface area (Å²) in [6.45, 7) is 2.66. The summed E-state index contributed by atoms with van der Waals surface area (Å²) in [7, 11) is 1.60. The topological polar surface area (TPSA) is 64.2 Å². The molecule has 0 saturated carbocycles. The number of halogens is 1. The van der Waals surface area contributed by atoms with Gasteiger partial charge in [-0.3, -0.25) is 4.79 Å². The van der Waals surface area contributed by atoms with Crippen LogP contribution in [0, 0.1) is 0 Å². The fraction of sp³-hybridized carbons (Fsp3) is 0.200. The molecule has 3 rings (SSSR count). The first-order valence-corrected chi connectivity index (χ1v) is 9.09. The fourth-order valence-electron chi connectivity index (χ4n) is 2.51. The molecule has 26 heavy (non-hydrogen) atoms. The SMILES string of the molecule is CCCOc1c(Br)cc(/C=C/c2nc3ccccc3[nH]c2=O)cc1OC. The third kappa shape index (κ3) is 3.96. The molecule has 0 amide bonds. The number of ether oxygens (including phenoxy) is 2. The molecular formula is C20H19BrN2O3. The highest BCUT2D eigenvalue weighted by Gasteiger charge is 2.11. The zero-order valence-corrected chi connectivity index (χ0v) is 16.2. The van der Waals surface area contributed by atoms with E-state index >= 15 is 0 Å². The van der Waals surface area contributed by atoms with E-state index < -0.39 is 0 Å². The monoisotopic (exact) mass is 414 g/mol. The molecular weight excluding hydrogens is 396 g/mol. The maximum Gasteiger partial charge on any atom is 0.274 e. The summed E-state index contributed by atoms with van der Waals surface area (Å²) in [5.74, 6) is 1.31. The predicted molar refractivity (Wildman–Crippen MR) is 108 cm³/mol. The number of nitrogens with one attached hydrogen (secondary N) is 1. The summed E-state index contributed by atoms with van der Waals surface area (Å²) >= 11 is 3.52. The Morgan fingerprint density at radius 2 is 2.04 bits per heavy atom. The molecule has 0 spiro atoms. The Morgan fingerprint density at radius 3 is 2.81 bits per heavy atom. The Morgan fingerprint density at radius 1 is 1.23 bits per heavy atom. The molecule has 0 aliphatic rings. The minimum atomic E-state index is -0.228. The molecule has 2 aromatic carbocycles. The standard InChI is InChI=1S/C20H19BrN2O3/c1-3-10-26-19-14(21)11-13(12-18(19)25-2)8-9-17-20(24)23-16-7-5-4-6-15(16)22-17/h4-9,11-12H,3,10H2,1-2H3,(H,23,24)/b9-8+. The van der Waals surface area contributed by atoms with E-state index in [2.05, 4.69) is 25.9 Å². The molecule has 0 fully saturated rings. The Hall–Kier alpha value is -2.60. The van der Waals surface area contributed by atoms with E-state index in [0.717, 1.165) is 27.5 Å². The smallest absolute Gasteiger partial charge is 0.274 e. The van der Waals surface area contributed by atoms with Crippen molar-refractivity contribution in [1.82, 2.24) is 9.97 Å². The van der Waals surface area contributed by atoms with Crippen molar-refractivity contribution in [3.05, 3.63) is 62.5 Å². The van der Waals surface area contributed by atoms with Gasteiger partial charge in [-0.25, -0.2) is 4.98 Å². The second-order valence-electron chi connectivity index (χ2n) is 5.68. The normalized spacial score (nSPS) is 11.2. The molecule has 6 heteroatoms. The molecule has 1 heterocycles. The molecule has 0 aliphatic heterocycles. The highest BCUT2D eigenvalue weighted by molar-refractivity contribution is 9.10. The fourth-order valence-corrected chi connectivity index (χ4v) is 3.09. The summed E-state index contributed by atoms with van der Waals surface area (Å²) in [6.07, 6.45) is 4.43. The van der Waals surface area contributed by atoms with Gasteiger partial charge in [0.25, 0.3) is 5.56 Å². The lowest BCUT2D eigenvalue weighted by Gasteiger charge is -2.12. The van der Waals surface area contributed by atoms with Crippen LogP contribution in [0.15, 0.2) is 45.7 Å². The van der Waals surface area contributed by atoms with Gasteiger partial charge in [0.05, 0.1) is 29.2 Å². The van der Waals surface area contributed by atoms with Crippen molar-refractivity contribution in [2.75, 3.05) is 13.7 Å². The maximum atomic E-state index is 12.2. The number of nitrogens with zero attached hydrogens (tertiary/aromatic N) is 1. The van der Waals surface area contributed by atoms with Gasteiger partial charge in [-0.15, -0.1) is 0 Å². The summed E-state index contributed by atoms with van der Waals surface area (Å²) in [5, 5.41) is 0. The minimum absolute atomic E-state index is 0.228. The van der Waals surface area contributed by atoms with Crippen LogP contribution in [0.4, 0.5) is 0 Å². The Bertz CT molecular complexity index is 1010. The van der Waals surface area contributed by atoms with Crippen molar-refractivity contribution in [3.8, 4) is 11.5 Å². The van der Waals surface area contributed by atoms with Crippen LogP contribution in [-0.4, -0.2) is 23.7 Å². The Kier molecular flexibility index (Phi) is 5.73. The molecule has 0 aliphatic carbocycles. The van der Waals surface area contributed by atoms with E-state index in [1.54, 1.807) is 13.2 Å². The number of methoxy groups -OCH3 is 1. The van der Waals surface area contributed by atoms with Crippen molar-refractivity contribution < 1.29 is 9.47 Å². The van der Waals surface area contributed by atoms with Gasteiger partial charge in [-0.1, -0.05) is 25.1 Å². The van der Waals surface area contributed by atoms with Crippen LogP contribution >= 0.6 is 15.9 Å². The summed E-state index contributed by atoms with van der Waals surface area (Å²) < 4.78 is 12.0. The average Bonchev–Trinajstić information content (AvgIpc) is 2.65. The molecule has 1 aromatic heterocycles. The molecule has 5 nitrogen and oxygen atoms in total. The van der Waals surface area contributed by atoms with Crippen molar-refractivity contribution >= 4 is 39.1 Å². The third-order valence-corrected chi connectivity index (χ3v) is 4.35. The van der Waals surface area contributed by atoms with Crippen LogP contribution in [0.5, 0.6) is 11.5 Å². The predicted octanol–water partition coefficient (Wildman–Crippen LogP) is 4.65. The number of fused-ring (bicyclic) bond motifs is 1. The Balaban J connectivity index is 1.94. The lowest BCUT2D eigenvalue weighted by atomic mass is 10.1. The zero-order chi connectivity index (χ0) is 18.5. The first-order chi connectivity index (χ1) is 12.6. The molecule has 0 saturated heterocycles. The molecule has 0 radical (unpaired) electrons. The largest absolute Gasteiger partial charge is 0.493 e. The van der Waals surface area contributed by atoms with Crippen molar-refractivity contribution in [1.29, 1.82) is 0 Å². The van der Waals surface area contributed by atoms with Gasteiger partial charge in [-0.05, 0) is 58.3 Å². The summed E-state index contributed by atoms with van der Waals surface area (Å²) in [4.78, 5) is 19.4. The van der Waals surface area contributed by atoms with Crippen LogP contribution in [0.2, 0.25) is 0 Å². The van der Waals surface area contributed by atoms with Crippen molar-refractivity contribution in [2.24, 2.45) is 0 Å². The van der Waals surface area contributed by atoms with Gasteiger partial charge in [0.1, 0.15) is 5.69 Å². The van der Waals surface area contributed by atoms with Crippen LogP contribution in [0.25, 0.3) is 23.2 Å². The van der Waals surface area contributed by atoms with E-state index in [0.29, 0.717) is 23.8 Å². The number of para-hydroxylation sites is 2. The number of benzene rings is 2. The van der Waals surface area contributed by atoms with Crippen molar-refractivity contribution in [3.63, 3.8) is 0 Å². The molecule has 0 bridgehead atoms. The number of aromatic nitrogens is 2. The third-order valence-electron chi connectivity index (χ3n) is 3.76.